The van der Waals surface area contributed by atoms with Crippen molar-refractivity contribution in [3.05, 3.63) is 58.9 Å². The Bertz CT molecular complexity index is 1230. The van der Waals surface area contributed by atoms with Gasteiger partial charge < -0.3 is 10.0 Å². The molecular formula is C25H25F3N4O4S. The third-order valence-corrected chi connectivity index (χ3v) is 7.83. The molecule has 2 fully saturated rings. The van der Waals surface area contributed by atoms with Gasteiger partial charge >= 0.3 is 5.51 Å². The molecule has 3 aliphatic rings. The number of imide groups is 1. The molecule has 37 heavy (non-hydrogen) atoms. The van der Waals surface area contributed by atoms with Crippen LogP contribution in [0, 0.1) is 0 Å². The topological polar surface area (TPSA) is 103 Å². The summed E-state index contributed by atoms with van der Waals surface area (Å²) in [5.74, 6) is -1.15. The molecule has 0 radical (unpaired) electrons. The number of amides is 3. The number of aliphatic hydroxyl groups is 1. The zero-order valence-corrected chi connectivity index (χ0v) is 20.6. The predicted octanol–water partition coefficient (Wildman–Crippen LogP) is 2.94. The van der Waals surface area contributed by atoms with Crippen LogP contribution in [0.15, 0.2) is 41.3 Å². The monoisotopic (exact) mass is 534 g/mol. The van der Waals surface area contributed by atoms with E-state index < -0.39 is 23.1 Å². The first-order chi connectivity index (χ1) is 17.5. The first kappa shape index (κ1) is 25.7. The van der Waals surface area contributed by atoms with Crippen LogP contribution in [0.1, 0.15) is 53.0 Å². The number of likely N-dealkylation sites (tertiary alicyclic amines) is 1. The molecule has 0 aliphatic carbocycles. The van der Waals surface area contributed by atoms with Gasteiger partial charge in [-0.2, -0.15) is 13.2 Å². The molecule has 0 saturated carbocycles. The largest absolute Gasteiger partial charge is 0.446 e. The fourth-order valence-corrected chi connectivity index (χ4v) is 5.63. The molecule has 3 amide bonds. The Balaban J connectivity index is 1.21. The molecule has 3 aliphatic heterocycles. The van der Waals surface area contributed by atoms with Crippen molar-refractivity contribution < 1.29 is 32.7 Å². The van der Waals surface area contributed by atoms with Gasteiger partial charge in [-0.05, 0) is 60.9 Å². The van der Waals surface area contributed by atoms with E-state index >= 15 is 0 Å². The second-order valence-electron chi connectivity index (χ2n) is 9.59. The van der Waals surface area contributed by atoms with E-state index in [9.17, 15) is 32.7 Å². The molecule has 4 heterocycles. The summed E-state index contributed by atoms with van der Waals surface area (Å²) in [6.45, 7) is 1.82. The summed E-state index contributed by atoms with van der Waals surface area (Å²) in [4.78, 5) is 44.9. The predicted molar refractivity (Wildman–Crippen MR) is 127 cm³/mol. The van der Waals surface area contributed by atoms with E-state index in [0.29, 0.717) is 49.4 Å². The minimum atomic E-state index is -4.32. The molecule has 0 bridgehead atoms. The van der Waals surface area contributed by atoms with E-state index in [2.05, 4.69) is 15.2 Å². The molecular weight excluding hydrogens is 509 g/mol. The van der Waals surface area contributed by atoms with E-state index in [1.165, 1.54) is 17.0 Å². The van der Waals surface area contributed by atoms with Gasteiger partial charge in [-0.25, -0.2) is 0 Å². The summed E-state index contributed by atoms with van der Waals surface area (Å²) in [6, 6.07) is 8.84. The number of nitrogens with one attached hydrogen (secondary N) is 1. The number of carbonyl (C=O) groups is 3. The fourth-order valence-electron chi connectivity index (χ4n) is 5.09. The van der Waals surface area contributed by atoms with Crippen LogP contribution in [0.4, 0.5) is 13.2 Å². The number of hydrogen-bond acceptors (Lipinski definition) is 7. The van der Waals surface area contributed by atoms with Gasteiger partial charge in [0.25, 0.3) is 5.91 Å². The summed E-state index contributed by atoms with van der Waals surface area (Å²) < 4.78 is 37.6. The van der Waals surface area contributed by atoms with Crippen molar-refractivity contribution in [2.75, 3.05) is 13.1 Å². The van der Waals surface area contributed by atoms with Crippen molar-refractivity contribution in [1.82, 2.24) is 20.1 Å². The molecule has 1 unspecified atom stereocenters. The average molecular weight is 535 g/mol. The van der Waals surface area contributed by atoms with Crippen molar-refractivity contribution >= 4 is 29.5 Å². The molecule has 1 aromatic heterocycles. The van der Waals surface area contributed by atoms with E-state index in [-0.39, 0.29) is 47.9 Å². The molecule has 2 aromatic rings. The molecule has 0 spiro atoms. The number of thioether (sulfide) groups is 1. The van der Waals surface area contributed by atoms with Crippen molar-refractivity contribution in [2.24, 2.45) is 0 Å². The van der Waals surface area contributed by atoms with Crippen LogP contribution in [0.2, 0.25) is 0 Å². The van der Waals surface area contributed by atoms with Crippen LogP contribution in [0.3, 0.4) is 0 Å². The molecule has 5 rings (SSSR count). The minimum Gasteiger partial charge on any atom is -0.383 e. The smallest absolute Gasteiger partial charge is 0.383 e. The molecule has 196 valence electrons. The van der Waals surface area contributed by atoms with Crippen molar-refractivity contribution in [1.29, 1.82) is 0 Å². The Kier molecular flexibility index (Phi) is 6.75. The third-order valence-electron chi connectivity index (χ3n) is 7.10. The van der Waals surface area contributed by atoms with E-state index in [1.54, 1.807) is 24.3 Å². The van der Waals surface area contributed by atoms with Gasteiger partial charge in [-0.1, -0.05) is 12.1 Å². The number of rotatable bonds is 5. The lowest BCUT2D eigenvalue weighted by atomic mass is 9.87. The van der Waals surface area contributed by atoms with Crippen LogP contribution >= 0.6 is 11.8 Å². The van der Waals surface area contributed by atoms with Gasteiger partial charge in [0, 0.05) is 31.0 Å². The zero-order chi connectivity index (χ0) is 26.4. The molecule has 8 nitrogen and oxygen atoms in total. The van der Waals surface area contributed by atoms with Gasteiger partial charge in [-0.3, -0.25) is 29.6 Å². The van der Waals surface area contributed by atoms with Gasteiger partial charge in [0.1, 0.15) is 11.6 Å². The normalized spacial score (nSPS) is 22.2. The van der Waals surface area contributed by atoms with Gasteiger partial charge in [0.15, 0.2) is 0 Å². The third kappa shape index (κ3) is 5.51. The zero-order valence-electron chi connectivity index (χ0n) is 19.8. The van der Waals surface area contributed by atoms with Crippen molar-refractivity contribution in [2.45, 2.75) is 60.8 Å². The summed E-state index contributed by atoms with van der Waals surface area (Å²) in [5.41, 5.74) is -3.25. The number of piperidine rings is 2. The minimum absolute atomic E-state index is 0.138. The average Bonchev–Trinajstić information content (AvgIpc) is 3.16. The maximum Gasteiger partial charge on any atom is 0.446 e. The van der Waals surface area contributed by atoms with Crippen LogP contribution in [-0.2, 0) is 28.3 Å². The number of benzene rings is 1. The number of hydrogen-bond donors (Lipinski definition) is 2. The Hall–Kier alpha value is -2.96. The number of nitrogens with zero attached hydrogens (tertiary/aromatic N) is 3. The highest BCUT2D eigenvalue weighted by molar-refractivity contribution is 8.00. The lowest BCUT2D eigenvalue weighted by Gasteiger charge is -2.38. The lowest BCUT2D eigenvalue weighted by Crippen LogP contribution is -2.52. The number of pyridine rings is 1. The second kappa shape index (κ2) is 9.73. The first-order valence-corrected chi connectivity index (χ1v) is 12.8. The standard InChI is InChI=1S/C25H25F3N4O4S/c26-25(27,28)37-16-3-1-15(2-4-16)13-31-11-9-24(36,10-12-31)20-7-5-17-18(29-20)14-32(23(17)35)19-6-8-21(33)30-22(19)34/h1-5,7,19,36H,6,8-14H2,(H,30,33,34). The van der Waals surface area contributed by atoms with Gasteiger partial charge in [-0.15, -0.1) is 0 Å². The maximum atomic E-state index is 12.9. The highest BCUT2D eigenvalue weighted by atomic mass is 32.2. The van der Waals surface area contributed by atoms with Crippen molar-refractivity contribution in [3.63, 3.8) is 0 Å². The summed E-state index contributed by atoms with van der Waals surface area (Å²) >= 11 is -0.141. The Morgan fingerprint density at radius 3 is 2.43 bits per heavy atom. The summed E-state index contributed by atoms with van der Waals surface area (Å²) in [5, 5.41) is 13.6. The van der Waals surface area contributed by atoms with E-state index in [1.807, 2.05) is 0 Å². The van der Waals surface area contributed by atoms with Gasteiger partial charge in [0.2, 0.25) is 11.8 Å². The highest BCUT2D eigenvalue weighted by Crippen LogP contribution is 2.37. The Labute approximate surface area is 215 Å². The molecule has 1 aromatic carbocycles. The van der Waals surface area contributed by atoms with Gasteiger partial charge in [0.05, 0.1) is 23.5 Å². The SMILES string of the molecule is O=C1CCC(N2Cc3nc(C4(O)CCN(Cc5ccc(SC(F)(F)F)cc5)CC4)ccc3C2=O)C(=O)N1. The fraction of sp³-hybridized carbons (Fsp3) is 0.440. The number of halogens is 3. The Morgan fingerprint density at radius 1 is 1.08 bits per heavy atom. The second-order valence-corrected chi connectivity index (χ2v) is 10.7. The number of fused-ring (bicyclic) bond motifs is 1. The van der Waals surface area contributed by atoms with Crippen LogP contribution in [-0.4, -0.2) is 62.3 Å². The van der Waals surface area contributed by atoms with E-state index in [0.717, 1.165) is 5.56 Å². The first-order valence-electron chi connectivity index (χ1n) is 12.0. The Morgan fingerprint density at radius 2 is 1.78 bits per heavy atom. The number of aromatic nitrogens is 1. The summed E-state index contributed by atoms with van der Waals surface area (Å²) in [7, 11) is 0. The van der Waals surface area contributed by atoms with E-state index in [4.69, 9.17) is 0 Å². The number of alkyl halides is 3. The van der Waals surface area contributed by atoms with Crippen molar-refractivity contribution in [3.8, 4) is 0 Å². The molecule has 1 atom stereocenters. The molecule has 2 N–H and O–H groups in total. The lowest BCUT2D eigenvalue weighted by molar-refractivity contribution is -0.136. The van der Waals surface area contributed by atoms with Crippen LogP contribution < -0.4 is 5.32 Å². The highest BCUT2D eigenvalue weighted by Gasteiger charge is 2.41. The van der Waals surface area contributed by atoms with Crippen LogP contribution in [0.25, 0.3) is 0 Å². The summed E-state index contributed by atoms with van der Waals surface area (Å²) in [6.07, 6.45) is 1.25. The van der Waals surface area contributed by atoms with Crippen LogP contribution in [0.5, 0.6) is 0 Å². The molecule has 2 saturated heterocycles. The molecule has 12 heteroatoms. The number of carbonyl (C=O) groups excluding carboxylic acids is 3. The maximum absolute atomic E-state index is 12.9. The quantitative estimate of drug-likeness (QED) is 0.449.